The highest BCUT2D eigenvalue weighted by Gasteiger charge is 2.22. The Bertz CT molecular complexity index is 1370. The molecule has 37 heavy (non-hydrogen) atoms. The van der Waals surface area contributed by atoms with Gasteiger partial charge in [-0.2, -0.15) is 0 Å². The zero-order valence-corrected chi connectivity index (χ0v) is 21.8. The van der Waals surface area contributed by atoms with E-state index in [0.717, 1.165) is 11.1 Å². The number of halogens is 1. The molecule has 0 radical (unpaired) electrons. The van der Waals surface area contributed by atoms with Crippen LogP contribution in [0.25, 0.3) is 11.3 Å². The SMILES string of the molecule is COc1ccc(OC)c(-c2csc(N(CCc3ccc(OC)c(OC)c3)C(=O)c3ccc(F)cc3)n2)c1. The molecule has 0 saturated heterocycles. The molecule has 4 aromatic rings. The summed E-state index contributed by atoms with van der Waals surface area (Å²) in [4.78, 5) is 19.9. The van der Waals surface area contributed by atoms with E-state index >= 15 is 0 Å². The van der Waals surface area contributed by atoms with Crippen molar-refractivity contribution in [1.29, 1.82) is 0 Å². The van der Waals surface area contributed by atoms with E-state index in [4.69, 9.17) is 23.9 Å². The fraction of sp³-hybridized carbons (Fsp3) is 0.214. The van der Waals surface area contributed by atoms with E-state index < -0.39 is 5.82 Å². The molecule has 0 bridgehead atoms. The maximum Gasteiger partial charge on any atom is 0.260 e. The molecule has 0 spiro atoms. The Balaban J connectivity index is 1.68. The van der Waals surface area contributed by atoms with Crippen LogP contribution in [0.4, 0.5) is 9.52 Å². The van der Waals surface area contributed by atoms with Crippen molar-refractivity contribution in [2.45, 2.75) is 6.42 Å². The van der Waals surface area contributed by atoms with Gasteiger partial charge in [0, 0.05) is 23.1 Å². The van der Waals surface area contributed by atoms with Crippen molar-refractivity contribution in [3.05, 3.63) is 83.0 Å². The van der Waals surface area contributed by atoms with E-state index in [1.165, 1.54) is 35.6 Å². The van der Waals surface area contributed by atoms with Gasteiger partial charge in [0.1, 0.15) is 17.3 Å². The number of thiazole rings is 1. The minimum atomic E-state index is -0.407. The summed E-state index contributed by atoms with van der Waals surface area (Å²) in [5.74, 6) is 1.85. The predicted molar refractivity (Wildman–Crippen MR) is 142 cm³/mol. The first kappa shape index (κ1) is 26.0. The van der Waals surface area contributed by atoms with Crippen LogP contribution < -0.4 is 23.8 Å². The van der Waals surface area contributed by atoms with Gasteiger partial charge in [0.25, 0.3) is 5.91 Å². The number of hydrogen-bond acceptors (Lipinski definition) is 7. The van der Waals surface area contributed by atoms with Crippen molar-refractivity contribution in [2.75, 3.05) is 39.9 Å². The van der Waals surface area contributed by atoms with Gasteiger partial charge in [0.05, 0.1) is 34.1 Å². The number of aromatic nitrogens is 1. The molecule has 1 heterocycles. The Morgan fingerprint density at radius 2 is 1.57 bits per heavy atom. The number of benzene rings is 3. The Kier molecular flexibility index (Phi) is 8.25. The monoisotopic (exact) mass is 522 g/mol. The normalized spacial score (nSPS) is 10.6. The smallest absolute Gasteiger partial charge is 0.260 e. The van der Waals surface area contributed by atoms with Crippen molar-refractivity contribution in [1.82, 2.24) is 4.98 Å². The van der Waals surface area contributed by atoms with Gasteiger partial charge >= 0.3 is 0 Å². The Morgan fingerprint density at radius 1 is 0.865 bits per heavy atom. The van der Waals surface area contributed by atoms with Gasteiger partial charge in [0.2, 0.25) is 0 Å². The fourth-order valence-electron chi connectivity index (χ4n) is 3.84. The van der Waals surface area contributed by atoms with Gasteiger partial charge in [0.15, 0.2) is 16.6 Å². The number of nitrogens with zero attached hydrogens (tertiary/aromatic N) is 2. The zero-order chi connectivity index (χ0) is 26.4. The second-order valence-electron chi connectivity index (χ2n) is 7.98. The van der Waals surface area contributed by atoms with Crippen molar-refractivity contribution in [3.8, 4) is 34.3 Å². The Morgan fingerprint density at radius 3 is 2.24 bits per heavy atom. The number of hydrogen-bond donors (Lipinski definition) is 0. The van der Waals surface area contributed by atoms with Crippen LogP contribution in [-0.4, -0.2) is 45.9 Å². The number of amides is 1. The van der Waals surface area contributed by atoms with Crippen LogP contribution in [-0.2, 0) is 6.42 Å². The largest absolute Gasteiger partial charge is 0.497 e. The van der Waals surface area contributed by atoms with Crippen molar-refractivity contribution in [3.63, 3.8) is 0 Å². The highest BCUT2D eigenvalue weighted by atomic mass is 32.1. The summed E-state index contributed by atoms with van der Waals surface area (Å²) in [5, 5.41) is 2.38. The number of anilines is 1. The first-order chi connectivity index (χ1) is 18.0. The van der Waals surface area contributed by atoms with Crippen LogP contribution in [0.1, 0.15) is 15.9 Å². The van der Waals surface area contributed by atoms with Crippen LogP contribution in [0, 0.1) is 5.82 Å². The topological polar surface area (TPSA) is 70.1 Å². The quantitative estimate of drug-likeness (QED) is 0.259. The predicted octanol–water partition coefficient (Wildman–Crippen LogP) is 5.87. The highest BCUT2D eigenvalue weighted by molar-refractivity contribution is 7.14. The molecule has 4 rings (SSSR count). The molecule has 192 valence electrons. The lowest BCUT2D eigenvalue weighted by atomic mass is 10.1. The molecule has 0 aliphatic carbocycles. The maximum absolute atomic E-state index is 13.6. The summed E-state index contributed by atoms with van der Waals surface area (Å²) in [7, 11) is 6.34. The molecular weight excluding hydrogens is 495 g/mol. The molecule has 0 unspecified atom stereocenters. The first-order valence-corrected chi connectivity index (χ1v) is 12.3. The van der Waals surface area contributed by atoms with Crippen LogP contribution in [0.3, 0.4) is 0 Å². The van der Waals surface area contributed by atoms with E-state index in [-0.39, 0.29) is 5.91 Å². The van der Waals surface area contributed by atoms with Crippen LogP contribution in [0.5, 0.6) is 23.0 Å². The first-order valence-electron chi connectivity index (χ1n) is 11.4. The third-order valence-corrected chi connectivity index (χ3v) is 6.68. The summed E-state index contributed by atoms with van der Waals surface area (Å²) in [6, 6.07) is 16.6. The average Bonchev–Trinajstić information content (AvgIpc) is 3.42. The standard InChI is InChI=1S/C28H27FN2O5S/c1-33-21-10-12-24(34-2)22(16-21)23-17-37-28(30-23)31(27(32)19-6-8-20(29)9-7-19)14-13-18-5-11-25(35-3)26(15-18)36-4/h5-12,15-17H,13-14H2,1-4H3. The number of carbonyl (C=O) groups excluding carboxylic acids is 1. The lowest BCUT2D eigenvalue weighted by molar-refractivity contribution is 0.0987. The Labute approximate surface area is 219 Å². The lowest BCUT2D eigenvalue weighted by Crippen LogP contribution is -2.33. The van der Waals surface area contributed by atoms with Crippen molar-refractivity contribution < 1.29 is 28.1 Å². The lowest BCUT2D eigenvalue weighted by Gasteiger charge is -2.20. The van der Waals surface area contributed by atoms with Gasteiger partial charge in [-0.25, -0.2) is 9.37 Å². The molecule has 9 heteroatoms. The fourth-order valence-corrected chi connectivity index (χ4v) is 4.68. The van der Waals surface area contributed by atoms with E-state index in [9.17, 15) is 9.18 Å². The van der Waals surface area contributed by atoms with E-state index in [1.54, 1.807) is 33.3 Å². The Hall–Kier alpha value is -4.11. The minimum absolute atomic E-state index is 0.279. The van der Waals surface area contributed by atoms with Gasteiger partial charge in [-0.1, -0.05) is 6.07 Å². The van der Waals surface area contributed by atoms with Gasteiger partial charge in [-0.05, 0) is 66.6 Å². The number of ether oxygens (including phenoxy) is 4. The average molecular weight is 523 g/mol. The van der Waals surface area contributed by atoms with E-state index in [1.807, 2.05) is 41.8 Å². The van der Waals surface area contributed by atoms with Gasteiger partial charge < -0.3 is 18.9 Å². The van der Waals surface area contributed by atoms with Crippen LogP contribution in [0.15, 0.2) is 66.0 Å². The third kappa shape index (κ3) is 5.83. The summed E-state index contributed by atoms with van der Waals surface area (Å²) in [6.45, 7) is 0.341. The molecule has 0 fully saturated rings. The molecule has 0 atom stereocenters. The van der Waals surface area contributed by atoms with Crippen molar-refractivity contribution >= 4 is 22.4 Å². The molecule has 1 amide bonds. The number of carbonyl (C=O) groups is 1. The van der Waals surface area contributed by atoms with Gasteiger partial charge in [-0.15, -0.1) is 11.3 Å². The maximum atomic E-state index is 13.6. The molecule has 0 aliphatic heterocycles. The second kappa shape index (κ2) is 11.7. The zero-order valence-electron chi connectivity index (χ0n) is 21.0. The summed E-state index contributed by atoms with van der Waals surface area (Å²) >= 11 is 1.34. The van der Waals surface area contributed by atoms with E-state index in [0.29, 0.717) is 52.4 Å². The van der Waals surface area contributed by atoms with Gasteiger partial charge in [-0.3, -0.25) is 9.69 Å². The van der Waals surface area contributed by atoms with Crippen molar-refractivity contribution in [2.24, 2.45) is 0 Å². The minimum Gasteiger partial charge on any atom is -0.497 e. The molecular formula is C28H27FN2O5S. The van der Waals surface area contributed by atoms with Crippen LogP contribution in [0.2, 0.25) is 0 Å². The molecule has 0 aliphatic rings. The highest BCUT2D eigenvalue weighted by Crippen LogP contribution is 2.36. The number of methoxy groups -OCH3 is 4. The summed E-state index contributed by atoms with van der Waals surface area (Å²) < 4.78 is 35.1. The second-order valence-corrected chi connectivity index (χ2v) is 8.82. The molecule has 0 saturated carbocycles. The molecule has 7 nitrogen and oxygen atoms in total. The van der Waals surface area contributed by atoms with E-state index in [2.05, 4.69) is 0 Å². The molecule has 1 aromatic heterocycles. The molecule has 0 N–H and O–H groups in total. The third-order valence-electron chi connectivity index (χ3n) is 5.81. The number of rotatable bonds is 10. The summed E-state index contributed by atoms with van der Waals surface area (Å²) in [6.07, 6.45) is 0.532. The molecule has 3 aromatic carbocycles. The summed E-state index contributed by atoms with van der Waals surface area (Å²) in [5.41, 5.74) is 2.72. The van der Waals surface area contributed by atoms with Crippen LogP contribution >= 0.6 is 11.3 Å².